The molecule has 1 fully saturated rings. The maximum Gasteiger partial charge on any atom is 0.167 e. The zero-order chi connectivity index (χ0) is 12.8. The van der Waals surface area contributed by atoms with Gasteiger partial charge < -0.3 is 14.2 Å². The van der Waals surface area contributed by atoms with E-state index in [0.717, 1.165) is 36.5 Å². The summed E-state index contributed by atoms with van der Waals surface area (Å²) in [5.41, 5.74) is 0.936. The Bertz CT molecular complexity index is 453. The Morgan fingerprint density at radius 2 is 2.17 bits per heavy atom. The van der Waals surface area contributed by atoms with Gasteiger partial charge in [0.1, 0.15) is 5.60 Å². The Kier molecular flexibility index (Phi) is 2.74. The van der Waals surface area contributed by atoms with Crippen LogP contribution < -0.4 is 9.47 Å². The predicted octanol–water partition coefficient (Wildman–Crippen LogP) is 3.33. The van der Waals surface area contributed by atoms with Crippen molar-refractivity contribution in [3.05, 3.63) is 23.8 Å². The van der Waals surface area contributed by atoms with Crippen LogP contribution in [-0.4, -0.2) is 19.3 Å². The molecule has 2 heterocycles. The fraction of sp³-hybridized carbons (Fsp3) is 0.600. The minimum atomic E-state index is -0.202. The maximum absolute atomic E-state index is 6.21. The van der Waals surface area contributed by atoms with Crippen LogP contribution in [0.15, 0.2) is 18.2 Å². The molecule has 18 heavy (non-hydrogen) atoms. The molecule has 2 atom stereocenters. The number of rotatable bonds is 1. The highest BCUT2D eigenvalue weighted by molar-refractivity contribution is 5.50. The summed E-state index contributed by atoms with van der Waals surface area (Å²) < 4.78 is 17.6. The predicted molar refractivity (Wildman–Crippen MR) is 69.1 cm³/mol. The van der Waals surface area contributed by atoms with Crippen molar-refractivity contribution in [3.8, 4) is 11.5 Å². The number of benzene rings is 1. The van der Waals surface area contributed by atoms with Crippen LogP contribution in [0.5, 0.6) is 11.5 Å². The van der Waals surface area contributed by atoms with Gasteiger partial charge in [-0.1, -0.05) is 12.1 Å². The van der Waals surface area contributed by atoms with E-state index in [4.69, 9.17) is 14.2 Å². The van der Waals surface area contributed by atoms with Crippen LogP contribution >= 0.6 is 0 Å². The smallest absolute Gasteiger partial charge is 0.167 e. The fourth-order valence-electron chi connectivity index (χ4n) is 3.17. The van der Waals surface area contributed by atoms with Gasteiger partial charge in [0.05, 0.1) is 13.2 Å². The van der Waals surface area contributed by atoms with Crippen LogP contribution in [0.25, 0.3) is 0 Å². The standard InChI is InChI=1S/C15H20O3/c1-15(2)11-7-5-9-17-13(11)10-6-4-8-12(16-3)14(10)18-15/h4,6,8,11,13H,5,7,9H2,1-3H3/t11-,13+/m0/s1. The van der Waals surface area contributed by atoms with E-state index in [1.165, 1.54) is 0 Å². The fourth-order valence-corrected chi connectivity index (χ4v) is 3.17. The lowest BCUT2D eigenvalue weighted by Crippen LogP contribution is -2.47. The molecule has 0 aliphatic carbocycles. The first-order valence-electron chi connectivity index (χ1n) is 6.61. The van der Waals surface area contributed by atoms with Crippen molar-refractivity contribution in [1.29, 1.82) is 0 Å². The van der Waals surface area contributed by atoms with Gasteiger partial charge in [0.2, 0.25) is 0 Å². The Balaban J connectivity index is 2.10. The van der Waals surface area contributed by atoms with Crippen LogP contribution in [0, 0.1) is 5.92 Å². The second-order valence-corrected chi connectivity index (χ2v) is 5.62. The van der Waals surface area contributed by atoms with Gasteiger partial charge in [-0.2, -0.15) is 0 Å². The van der Waals surface area contributed by atoms with Crippen LogP contribution in [0.4, 0.5) is 0 Å². The summed E-state index contributed by atoms with van der Waals surface area (Å²) >= 11 is 0. The third-order valence-corrected chi connectivity index (χ3v) is 4.12. The molecule has 1 saturated heterocycles. The van der Waals surface area contributed by atoms with E-state index < -0.39 is 0 Å². The second kappa shape index (κ2) is 4.16. The van der Waals surface area contributed by atoms with Crippen LogP contribution in [-0.2, 0) is 4.74 Å². The van der Waals surface area contributed by atoms with Crippen LogP contribution in [0.1, 0.15) is 38.4 Å². The highest BCUT2D eigenvalue weighted by atomic mass is 16.5. The summed E-state index contributed by atoms with van der Waals surface area (Å²) in [7, 11) is 1.68. The van der Waals surface area contributed by atoms with E-state index in [9.17, 15) is 0 Å². The summed E-state index contributed by atoms with van der Waals surface area (Å²) in [6, 6.07) is 6.04. The molecule has 1 aromatic carbocycles. The molecule has 0 spiro atoms. The van der Waals surface area contributed by atoms with Crippen LogP contribution in [0.3, 0.4) is 0 Å². The van der Waals surface area contributed by atoms with Gasteiger partial charge in [0.15, 0.2) is 11.5 Å². The number of hydrogen-bond acceptors (Lipinski definition) is 3. The molecular weight excluding hydrogens is 228 g/mol. The summed E-state index contributed by atoms with van der Waals surface area (Å²) in [5, 5.41) is 0. The molecule has 2 aliphatic rings. The van der Waals surface area contributed by atoms with Crippen molar-refractivity contribution >= 4 is 0 Å². The lowest BCUT2D eigenvalue weighted by atomic mass is 9.76. The summed E-state index contributed by atoms with van der Waals surface area (Å²) in [6.07, 6.45) is 2.43. The summed E-state index contributed by atoms with van der Waals surface area (Å²) in [5.74, 6) is 2.08. The molecule has 2 aliphatic heterocycles. The molecule has 0 unspecified atom stereocenters. The Morgan fingerprint density at radius 3 is 2.94 bits per heavy atom. The van der Waals surface area contributed by atoms with Crippen molar-refractivity contribution in [2.24, 2.45) is 5.92 Å². The number of hydrogen-bond donors (Lipinski definition) is 0. The van der Waals surface area contributed by atoms with Gasteiger partial charge in [0, 0.05) is 18.1 Å². The monoisotopic (exact) mass is 248 g/mol. The van der Waals surface area contributed by atoms with E-state index in [-0.39, 0.29) is 11.7 Å². The quantitative estimate of drug-likeness (QED) is 0.763. The molecule has 3 nitrogen and oxygen atoms in total. The first kappa shape index (κ1) is 11.8. The van der Waals surface area contributed by atoms with Crippen LogP contribution in [0.2, 0.25) is 0 Å². The summed E-state index contributed by atoms with van der Waals surface area (Å²) in [6.45, 7) is 5.14. The number of para-hydroxylation sites is 1. The number of methoxy groups -OCH3 is 1. The molecule has 0 bridgehead atoms. The third kappa shape index (κ3) is 1.69. The highest BCUT2D eigenvalue weighted by Crippen LogP contribution is 2.52. The molecule has 1 aromatic rings. The molecular formula is C15H20O3. The molecule has 0 N–H and O–H groups in total. The lowest BCUT2D eigenvalue weighted by molar-refractivity contribution is -0.117. The minimum Gasteiger partial charge on any atom is -0.493 e. The third-order valence-electron chi connectivity index (χ3n) is 4.12. The van der Waals surface area contributed by atoms with Crippen molar-refractivity contribution in [2.45, 2.75) is 38.4 Å². The Hall–Kier alpha value is -1.22. The Morgan fingerprint density at radius 1 is 1.33 bits per heavy atom. The maximum atomic E-state index is 6.21. The van der Waals surface area contributed by atoms with Crippen molar-refractivity contribution in [3.63, 3.8) is 0 Å². The van der Waals surface area contributed by atoms with E-state index >= 15 is 0 Å². The molecule has 98 valence electrons. The van der Waals surface area contributed by atoms with E-state index in [1.807, 2.05) is 12.1 Å². The van der Waals surface area contributed by atoms with E-state index in [2.05, 4.69) is 19.9 Å². The minimum absolute atomic E-state index is 0.146. The van der Waals surface area contributed by atoms with Crippen molar-refractivity contribution in [2.75, 3.05) is 13.7 Å². The van der Waals surface area contributed by atoms with Gasteiger partial charge in [0.25, 0.3) is 0 Å². The number of fused-ring (bicyclic) bond motifs is 3. The molecule has 3 heteroatoms. The molecule has 3 rings (SSSR count). The van der Waals surface area contributed by atoms with Crippen molar-refractivity contribution < 1.29 is 14.2 Å². The van der Waals surface area contributed by atoms with Gasteiger partial charge in [-0.05, 0) is 32.8 Å². The normalized spacial score (nSPS) is 28.8. The van der Waals surface area contributed by atoms with E-state index in [0.29, 0.717) is 5.92 Å². The van der Waals surface area contributed by atoms with Crippen molar-refractivity contribution in [1.82, 2.24) is 0 Å². The first-order chi connectivity index (χ1) is 8.63. The van der Waals surface area contributed by atoms with Gasteiger partial charge in [-0.3, -0.25) is 0 Å². The highest BCUT2D eigenvalue weighted by Gasteiger charge is 2.46. The SMILES string of the molecule is COc1cccc2c1OC(C)(C)[C@H]1CCCO[C@H]21. The van der Waals surface area contributed by atoms with E-state index in [1.54, 1.807) is 7.11 Å². The second-order valence-electron chi connectivity index (χ2n) is 5.62. The zero-order valence-electron chi connectivity index (χ0n) is 11.2. The van der Waals surface area contributed by atoms with Gasteiger partial charge in [-0.25, -0.2) is 0 Å². The lowest BCUT2D eigenvalue weighted by Gasteiger charge is -2.47. The largest absolute Gasteiger partial charge is 0.493 e. The Labute approximate surface area is 108 Å². The zero-order valence-corrected chi connectivity index (χ0v) is 11.2. The molecule has 0 amide bonds. The topological polar surface area (TPSA) is 27.7 Å². The van der Waals surface area contributed by atoms with Gasteiger partial charge >= 0.3 is 0 Å². The average molecular weight is 248 g/mol. The number of ether oxygens (including phenoxy) is 3. The van der Waals surface area contributed by atoms with Gasteiger partial charge in [-0.15, -0.1) is 0 Å². The molecule has 0 saturated carbocycles. The average Bonchev–Trinajstić information content (AvgIpc) is 2.38. The molecule has 0 radical (unpaired) electrons. The summed E-state index contributed by atoms with van der Waals surface area (Å²) in [4.78, 5) is 0. The molecule has 0 aromatic heterocycles. The first-order valence-corrected chi connectivity index (χ1v) is 6.61.